The Labute approximate surface area is 116 Å². The zero-order chi connectivity index (χ0) is 15.1. The number of aromatic nitrogens is 1. The Balaban J connectivity index is 2.24. The number of carboxylic acid groups (broad SMARTS) is 1. The molecule has 1 unspecified atom stereocenters. The van der Waals surface area contributed by atoms with Gasteiger partial charge in [0.05, 0.1) is 0 Å². The largest absolute Gasteiger partial charge is 0.480 e. The number of carboxylic acids is 1. The normalized spacial score (nSPS) is 16.8. The molecule has 9 heteroatoms. The van der Waals surface area contributed by atoms with Gasteiger partial charge in [-0.25, -0.2) is 9.78 Å². The molecule has 0 spiro atoms. The average Bonchev–Trinajstić information content (AvgIpc) is 3.03. The second-order valence-corrected chi connectivity index (χ2v) is 5.35. The molecule has 1 aliphatic rings. The molecule has 1 aliphatic carbocycles. The maximum Gasteiger partial charge on any atom is 0.443 e. The summed E-state index contributed by atoms with van der Waals surface area (Å²) in [5, 5.41) is 8.87. The third-order valence-electron chi connectivity index (χ3n) is 2.92. The van der Waals surface area contributed by atoms with Crippen LogP contribution in [0.3, 0.4) is 0 Å². The zero-order valence-electron chi connectivity index (χ0n) is 10.3. The Morgan fingerprint density at radius 1 is 1.50 bits per heavy atom. The van der Waals surface area contributed by atoms with Gasteiger partial charge in [0.1, 0.15) is 11.7 Å². The van der Waals surface area contributed by atoms with Crippen molar-refractivity contribution in [1.82, 2.24) is 9.88 Å². The predicted molar refractivity (Wildman–Crippen MR) is 63.4 cm³/mol. The molecule has 110 valence electrons. The molecule has 20 heavy (non-hydrogen) atoms. The summed E-state index contributed by atoms with van der Waals surface area (Å²) in [6.45, 7) is 1.33. The molecular formula is C11H11F3N2O3S. The highest BCUT2D eigenvalue weighted by atomic mass is 32.1. The van der Waals surface area contributed by atoms with Gasteiger partial charge in [-0.3, -0.25) is 4.79 Å². The van der Waals surface area contributed by atoms with E-state index in [4.69, 9.17) is 5.11 Å². The fourth-order valence-corrected chi connectivity index (χ4v) is 2.43. The first-order valence-electron chi connectivity index (χ1n) is 5.80. The van der Waals surface area contributed by atoms with Crippen molar-refractivity contribution >= 4 is 23.2 Å². The maximum absolute atomic E-state index is 12.5. The summed E-state index contributed by atoms with van der Waals surface area (Å²) in [4.78, 5) is 27.5. The number of carbonyl (C=O) groups excluding carboxylic acids is 1. The number of hydrogen-bond acceptors (Lipinski definition) is 4. The molecule has 1 aromatic heterocycles. The lowest BCUT2D eigenvalue weighted by molar-refractivity contribution is -0.142. The second-order valence-electron chi connectivity index (χ2n) is 4.49. The quantitative estimate of drug-likeness (QED) is 0.926. The van der Waals surface area contributed by atoms with E-state index in [-0.39, 0.29) is 11.7 Å². The van der Waals surface area contributed by atoms with Crippen LogP contribution in [0.25, 0.3) is 0 Å². The summed E-state index contributed by atoms with van der Waals surface area (Å²) >= 11 is 0.323. The number of rotatable bonds is 4. The van der Waals surface area contributed by atoms with Gasteiger partial charge in [0.25, 0.3) is 5.91 Å². The topological polar surface area (TPSA) is 70.5 Å². The molecular weight excluding hydrogens is 297 g/mol. The van der Waals surface area contributed by atoms with Gasteiger partial charge in [0, 0.05) is 11.4 Å². The molecule has 0 aromatic carbocycles. The van der Waals surface area contributed by atoms with Crippen LogP contribution in [-0.4, -0.2) is 39.0 Å². The Kier molecular flexibility index (Phi) is 3.72. The van der Waals surface area contributed by atoms with Gasteiger partial charge in [-0.15, -0.1) is 11.3 Å². The smallest absolute Gasteiger partial charge is 0.443 e. The van der Waals surface area contributed by atoms with Crippen molar-refractivity contribution in [3.63, 3.8) is 0 Å². The molecule has 1 N–H and O–H groups in total. The highest BCUT2D eigenvalue weighted by Crippen LogP contribution is 2.34. The predicted octanol–water partition coefficient (Wildman–Crippen LogP) is 2.24. The van der Waals surface area contributed by atoms with Crippen LogP contribution < -0.4 is 0 Å². The molecule has 1 atom stereocenters. The number of thiazole rings is 1. The van der Waals surface area contributed by atoms with Crippen molar-refractivity contribution in [2.45, 2.75) is 38.0 Å². The first kappa shape index (κ1) is 14.8. The Morgan fingerprint density at radius 3 is 2.50 bits per heavy atom. The van der Waals surface area contributed by atoms with Crippen molar-refractivity contribution in [3.8, 4) is 0 Å². The molecule has 0 radical (unpaired) electrons. The standard InChI is InChI=1S/C11H11F3N2O3S/c1-5(9(18)19)16(6-2-3-6)8(17)7-4-20-10(15-7)11(12,13)14/h4-6H,2-3H2,1H3,(H,18,19). The summed E-state index contributed by atoms with van der Waals surface area (Å²) in [5.41, 5.74) is -0.359. The molecule has 1 saturated carbocycles. The number of amides is 1. The van der Waals surface area contributed by atoms with Crippen LogP contribution in [-0.2, 0) is 11.0 Å². The van der Waals surface area contributed by atoms with Crippen LogP contribution in [0.15, 0.2) is 5.38 Å². The first-order valence-corrected chi connectivity index (χ1v) is 6.68. The number of aliphatic carboxylic acids is 1. The molecule has 0 saturated heterocycles. The minimum absolute atomic E-state index is 0.232. The molecule has 2 rings (SSSR count). The lowest BCUT2D eigenvalue weighted by atomic mass is 10.2. The maximum atomic E-state index is 12.5. The molecule has 1 aromatic rings. The van der Waals surface area contributed by atoms with E-state index in [0.29, 0.717) is 24.2 Å². The summed E-state index contributed by atoms with van der Waals surface area (Å²) in [5.74, 6) is -1.97. The van der Waals surface area contributed by atoms with E-state index in [1.165, 1.54) is 6.92 Å². The fourth-order valence-electron chi connectivity index (χ4n) is 1.76. The van der Waals surface area contributed by atoms with Crippen molar-refractivity contribution in [3.05, 3.63) is 16.1 Å². The van der Waals surface area contributed by atoms with Gasteiger partial charge < -0.3 is 10.0 Å². The summed E-state index contributed by atoms with van der Waals surface area (Å²) < 4.78 is 37.4. The number of halogens is 3. The van der Waals surface area contributed by atoms with Crippen LogP contribution in [0.5, 0.6) is 0 Å². The van der Waals surface area contributed by atoms with Gasteiger partial charge in [-0.05, 0) is 19.8 Å². The zero-order valence-corrected chi connectivity index (χ0v) is 11.2. The summed E-state index contributed by atoms with van der Waals surface area (Å²) in [6.07, 6.45) is -3.30. The van der Waals surface area contributed by atoms with Crippen LogP contribution >= 0.6 is 11.3 Å². The molecule has 5 nitrogen and oxygen atoms in total. The van der Waals surface area contributed by atoms with Crippen molar-refractivity contribution in [2.75, 3.05) is 0 Å². The average molecular weight is 308 g/mol. The second kappa shape index (κ2) is 5.04. The van der Waals surface area contributed by atoms with E-state index in [9.17, 15) is 22.8 Å². The van der Waals surface area contributed by atoms with E-state index in [1.807, 2.05) is 0 Å². The third-order valence-corrected chi connectivity index (χ3v) is 3.80. The van der Waals surface area contributed by atoms with E-state index < -0.39 is 29.1 Å². The SMILES string of the molecule is CC(C(=O)O)N(C(=O)c1csc(C(F)(F)F)n1)C1CC1. The third kappa shape index (κ3) is 2.92. The number of carbonyl (C=O) groups is 2. The van der Waals surface area contributed by atoms with Gasteiger partial charge >= 0.3 is 12.1 Å². The number of hydrogen-bond donors (Lipinski definition) is 1. The fraction of sp³-hybridized carbons (Fsp3) is 0.545. The Bertz CT molecular complexity index is 539. The highest BCUT2D eigenvalue weighted by Gasteiger charge is 2.41. The van der Waals surface area contributed by atoms with Gasteiger partial charge in [-0.1, -0.05) is 0 Å². The van der Waals surface area contributed by atoms with Gasteiger partial charge in [0.2, 0.25) is 0 Å². The monoisotopic (exact) mass is 308 g/mol. The van der Waals surface area contributed by atoms with E-state index in [2.05, 4.69) is 4.98 Å². The highest BCUT2D eigenvalue weighted by molar-refractivity contribution is 7.09. The van der Waals surface area contributed by atoms with Crippen LogP contribution in [0.4, 0.5) is 13.2 Å². The van der Waals surface area contributed by atoms with E-state index in [0.717, 1.165) is 10.3 Å². The van der Waals surface area contributed by atoms with Crippen molar-refractivity contribution in [2.24, 2.45) is 0 Å². The minimum atomic E-state index is -4.61. The Morgan fingerprint density at radius 2 is 2.10 bits per heavy atom. The molecule has 0 bridgehead atoms. The van der Waals surface area contributed by atoms with Gasteiger partial charge in [-0.2, -0.15) is 13.2 Å². The van der Waals surface area contributed by atoms with Gasteiger partial charge in [0.15, 0.2) is 5.01 Å². The van der Waals surface area contributed by atoms with Crippen molar-refractivity contribution in [1.29, 1.82) is 0 Å². The summed E-state index contributed by atoms with van der Waals surface area (Å²) in [6, 6.07) is -1.32. The molecule has 0 aliphatic heterocycles. The lowest BCUT2D eigenvalue weighted by Gasteiger charge is -2.25. The minimum Gasteiger partial charge on any atom is -0.480 e. The number of nitrogens with zero attached hydrogens (tertiary/aromatic N) is 2. The lowest BCUT2D eigenvalue weighted by Crippen LogP contribution is -2.44. The molecule has 1 amide bonds. The number of alkyl halides is 3. The Hall–Kier alpha value is -1.64. The first-order chi connectivity index (χ1) is 9.21. The van der Waals surface area contributed by atoms with Crippen molar-refractivity contribution < 1.29 is 27.9 Å². The summed E-state index contributed by atoms with van der Waals surface area (Å²) in [7, 11) is 0. The van der Waals surface area contributed by atoms with Crippen LogP contribution in [0.2, 0.25) is 0 Å². The van der Waals surface area contributed by atoms with E-state index >= 15 is 0 Å². The molecule has 1 fully saturated rings. The molecule has 1 heterocycles. The van der Waals surface area contributed by atoms with Crippen LogP contribution in [0, 0.1) is 0 Å². The van der Waals surface area contributed by atoms with E-state index in [1.54, 1.807) is 0 Å². The van der Waals surface area contributed by atoms with Crippen LogP contribution in [0.1, 0.15) is 35.3 Å².